The molecular formula is C21H16N2O2S2. The van der Waals surface area contributed by atoms with E-state index in [1.54, 1.807) is 12.1 Å². The van der Waals surface area contributed by atoms with Gasteiger partial charge in [-0.3, -0.25) is 9.59 Å². The Bertz CT molecular complexity index is 1180. The fraction of sp³-hybridized carbons (Fsp3) is 0.0952. The van der Waals surface area contributed by atoms with Gasteiger partial charge >= 0.3 is 0 Å². The van der Waals surface area contributed by atoms with Gasteiger partial charge in [0.1, 0.15) is 9.71 Å². The maximum absolute atomic E-state index is 13.0. The number of hydrogen-bond donors (Lipinski definition) is 1. The minimum absolute atomic E-state index is 0.0631. The van der Waals surface area contributed by atoms with Crippen molar-refractivity contribution in [3.63, 3.8) is 0 Å². The summed E-state index contributed by atoms with van der Waals surface area (Å²) in [5.41, 5.74) is 9.41. The summed E-state index contributed by atoms with van der Waals surface area (Å²) < 4.78 is 0. The first-order valence-electron chi connectivity index (χ1n) is 8.36. The van der Waals surface area contributed by atoms with E-state index in [0.29, 0.717) is 37.6 Å². The number of ketones is 2. The summed E-state index contributed by atoms with van der Waals surface area (Å²) >= 11 is 2.82. The molecule has 0 saturated heterocycles. The molecular weight excluding hydrogens is 376 g/mol. The van der Waals surface area contributed by atoms with Gasteiger partial charge in [-0.05, 0) is 25.3 Å². The smallest absolute Gasteiger partial charge is 0.205 e. The van der Waals surface area contributed by atoms with Crippen molar-refractivity contribution in [2.75, 3.05) is 5.73 Å². The standard InChI is InChI=1S/C21H16N2O2S2/c1-11-15(12(2)24)16(14-9-6-10-26-14)17-18(22)20(27-21(17)23-11)19(25)13-7-4-3-5-8-13/h3-10H,22H2,1-2H3. The number of rotatable bonds is 4. The lowest BCUT2D eigenvalue weighted by Gasteiger charge is -2.10. The number of carbonyl (C=O) groups excluding carboxylic acids is 2. The van der Waals surface area contributed by atoms with Gasteiger partial charge < -0.3 is 5.73 Å². The zero-order valence-electron chi connectivity index (χ0n) is 14.8. The molecule has 4 aromatic rings. The molecule has 2 N–H and O–H groups in total. The van der Waals surface area contributed by atoms with Crippen molar-refractivity contribution in [3.05, 3.63) is 69.5 Å². The minimum Gasteiger partial charge on any atom is -0.397 e. The topological polar surface area (TPSA) is 73.0 Å². The molecule has 6 heteroatoms. The Morgan fingerprint density at radius 3 is 2.44 bits per heavy atom. The summed E-state index contributed by atoms with van der Waals surface area (Å²) in [4.78, 5) is 32.0. The third kappa shape index (κ3) is 2.87. The molecule has 0 amide bonds. The Labute approximate surface area is 164 Å². The normalized spacial score (nSPS) is 11.0. The summed E-state index contributed by atoms with van der Waals surface area (Å²) in [6.07, 6.45) is 0. The lowest BCUT2D eigenvalue weighted by Crippen LogP contribution is -2.04. The molecule has 27 heavy (non-hydrogen) atoms. The number of thiophene rings is 2. The molecule has 0 saturated carbocycles. The Kier molecular flexibility index (Phi) is 4.37. The van der Waals surface area contributed by atoms with Crippen LogP contribution in [-0.2, 0) is 0 Å². The molecule has 4 nitrogen and oxygen atoms in total. The van der Waals surface area contributed by atoms with E-state index in [0.717, 1.165) is 10.4 Å². The molecule has 0 aliphatic rings. The predicted molar refractivity (Wildman–Crippen MR) is 112 cm³/mol. The number of pyridine rings is 1. The van der Waals surface area contributed by atoms with Crippen LogP contribution in [0, 0.1) is 6.92 Å². The number of benzene rings is 1. The van der Waals surface area contributed by atoms with Gasteiger partial charge in [0.25, 0.3) is 0 Å². The van der Waals surface area contributed by atoms with Crippen molar-refractivity contribution in [2.45, 2.75) is 13.8 Å². The second-order valence-corrected chi connectivity index (χ2v) is 8.15. The SMILES string of the molecule is CC(=O)c1c(C)nc2sc(C(=O)c3ccccc3)c(N)c2c1-c1cccs1. The van der Waals surface area contributed by atoms with E-state index >= 15 is 0 Å². The molecule has 0 spiro atoms. The minimum atomic E-state index is -0.129. The van der Waals surface area contributed by atoms with Crippen LogP contribution in [0.3, 0.4) is 0 Å². The van der Waals surface area contributed by atoms with E-state index in [2.05, 4.69) is 4.98 Å². The van der Waals surface area contributed by atoms with Crippen LogP contribution in [0.4, 0.5) is 5.69 Å². The van der Waals surface area contributed by atoms with Gasteiger partial charge in [0.15, 0.2) is 5.78 Å². The lowest BCUT2D eigenvalue weighted by molar-refractivity contribution is 0.101. The first-order valence-corrected chi connectivity index (χ1v) is 10.1. The van der Waals surface area contributed by atoms with Gasteiger partial charge in [0, 0.05) is 27.0 Å². The third-order valence-corrected chi connectivity index (χ3v) is 6.41. The number of nitrogen functional groups attached to an aromatic ring is 1. The van der Waals surface area contributed by atoms with Crippen LogP contribution < -0.4 is 5.73 Å². The zero-order valence-corrected chi connectivity index (χ0v) is 16.4. The molecule has 1 aromatic carbocycles. The fourth-order valence-corrected chi connectivity index (χ4v) is 5.15. The number of anilines is 1. The number of nitrogens with two attached hydrogens (primary N) is 1. The number of nitrogens with zero attached hydrogens (tertiary/aromatic N) is 1. The number of fused-ring (bicyclic) bond motifs is 1. The van der Waals surface area contributed by atoms with Crippen molar-refractivity contribution in [1.29, 1.82) is 0 Å². The van der Waals surface area contributed by atoms with E-state index in [1.807, 2.05) is 42.6 Å². The highest BCUT2D eigenvalue weighted by atomic mass is 32.1. The average Bonchev–Trinajstić information content (AvgIpc) is 3.29. The number of aromatic nitrogens is 1. The maximum Gasteiger partial charge on any atom is 0.205 e. The van der Waals surface area contributed by atoms with Gasteiger partial charge in [-0.2, -0.15) is 0 Å². The summed E-state index contributed by atoms with van der Waals surface area (Å²) in [6.45, 7) is 3.35. The molecule has 0 aliphatic carbocycles. The summed E-state index contributed by atoms with van der Waals surface area (Å²) in [7, 11) is 0. The van der Waals surface area contributed by atoms with Gasteiger partial charge in [-0.1, -0.05) is 36.4 Å². The maximum atomic E-state index is 13.0. The zero-order chi connectivity index (χ0) is 19.1. The second kappa shape index (κ2) is 6.72. The highest BCUT2D eigenvalue weighted by molar-refractivity contribution is 7.21. The molecule has 0 radical (unpaired) electrons. The van der Waals surface area contributed by atoms with Gasteiger partial charge in [-0.25, -0.2) is 4.98 Å². The monoisotopic (exact) mass is 392 g/mol. The van der Waals surface area contributed by atoms with Gasteiger partial charge in [0.2, 0.25) is 5.78 Å². The molecule has 3 aromatic heterocycles. The number of hydrogen-bond acceptors (Lipinski definition) is 6. The number of Topliss-reactive ketones (excluding diaryl/α,β-unsaturated/α-hetero) is 1. The largest absolute Gasteiger partial charge is 0.397 e. The van der Waals surface area contributed by atoms with Gasteiger partial charge in [-0.15, -0.1) is 22.7 Å². The van der Waals surface area contributed by atoms with Crippen LogP contribution in [0.1, 0.15) is 38.2 Å². The average molecular weight is 393 g/mol. The summed E-state index contributed by atoms with van der Waals surface area (Å²) in [6, 6.07) is 12.9. The van der Waals surface area contributed by atoms with Crippen LogP contribution in [0.5, 0.6) is 0 Å². The van der Waals surface area contributed by atoms with Crippen molar-refractivity contribution in [3.8, 4) is 10.4 Å². The van der Waals surface area contributed by atoms with Crippen molar-refractivity contribution in [2.24, 2.45) is 0 Å². The molecule has 0 fully saturated rings. The third-order valence-electron chi connectivity index (χ3n) is 4.42. The summed E-state index contributed by atoms with van der Waals surface area (Å²) in [5, 5.41) is 2.65. The highest BCUT2D eigenvalue weighted by Crippen LogP contribution is 2.44. The van der Waals surface area contributed by atoms with E-state index in [9.17, 15) is 9.59 Å². The van der Waals surface area contributed by atoms with E-state index < -0.39 is 0 Å². The Morgan fingerprint density at radius 2 is 1.81 bits per heavy atom. The molecule has 134 valence electrons. The van der Waals surface area contributed by atoms with Crippen LogP contribution in [0.2, 0.25) is 0 Å². The van der Waals surface area contributed by atoms with E-state index in [1.165, 1.54) is 29.6 Å². The second-order valence-electron chi connectivity index (χ2n) is 6.20. The first kappa shape index (κ1) is 17.6. The molecule has 3 heterocycles. The molecule has 0 atom stereocenters. The Morgan fingerprint density at radius 1 is 1.07 bits per heavy atom. The molecule has 4 rings (SSSR count). The predicted octanol–water partition coefficient (Wildman–Crippen LogP) is 5.35. The Hall–Kier alpha value is -2.83. The fourth-order valence-electron chi connectivity index (χ4n) is 3.25. The summed E-state index contributed by atoms with van der Waals surface area (Å²) in [5.74, 6) is -0.193. The van der Waals surface area contributed by atoms with Crippen LogP contribution in [0.25, 0.3) is 20.7 Å². The molecule has 0 unspecified atom stereocenters. The lowest BCUT2D eigenvalue weighted by atomic mass is 9.97. The Balaban J connectivity index is 2.05. The van der Waals surface area contributed by atoms with Gasteiger partial charge in [0.05, 0.1) is 11.4 Å². The van der Waals surface area contributed by atoms with E-state index in [-0.39, 0.29) is 11.6 Å². The van der Waals surface area contributed by atoms with Crippen LogP contribution >= 0.6 is 22.7 Å². The van der Waals surface area contributed by atoms with E-state index in [4.69, 9.17) is 5.73 Å². The first-order chi connectivity index (χ1) is 13.0. The number of carbonyl (C=O) groups is 2. The van der Waals surface area contributed by atoms with Crippen LogP contribution in [-0.4, -0.2) is 16.6 Å². The molecule has 0 bridgehead atoms. The van der Waals surface area contributed by atoms with Crippen molar-refractivity contribution >= 4 is 50.1 Å². The van der Waals surface area contributed by atoms with Crippen LogP contribution in [0.15, 0.2) is 47.8 Å². The van der Waals surface area contributed by atoms with Crippen molar-refractivity contribution < 1.29 is 9.59 Å². The quantitative estimate of drug-likeness (QED) is 0.475. The number of aryl methyl sites for hydroxylation is 1. The molecule has 0 aliphatic heterocycles. The highest BCUT2D eigenvalue weighted by Gasteiger charge is 2.26. The van der Waals surface area contributed by atoms with Crippen molar-refractivity contribution in [1.82, 2.24) is 4.98 Å².